The number of aryl methyl sites for hydroxylation is 1. The maximum Gasteiger partial charge on any atom is 0.273 e. The number of aliphatic hydroxyl groups is 1. The van der Waals surface area contributed by atoms with Crippen LogP contribution in [0, 0.1) is 18.8 Å². The minimum absolute atomic E-state index is 0.0175. The zero-order chi connectivity index (χ0) is 15.5. The Morgan fingerprint density at radius 2 is 2.05 bits per heavy atom. The Balaban J connectivity index is 1.62. The lowest BCUT2D eigenvalue weighted by atomic mass is 9.95. The first kappa shape index (κ1) is 15.9. The van der Waals surface area contributed by atoms with Gasteiger partial charge in [0.2, 0.25) is 0 Å². The molecule has 0 aliphatic carbocycles. The lowest BCUT2D eigenvalue weighted by Gasteiger charge is -2.30. The third kappa shape index (κ3) is 3.50. The molecule has 1 N–H and O–H groups in total. The maximum atomic E-state index is 12.5. The standard InChI is InChI=1S/C16H25N3O2S/c1-12-17-15(11-22-12)16(21)19-8-13(14(9-19)10-20)7-18-5-3-2-4-6-18/h11,13-14,20H,2-10H2,1H3/t13-,14-/m1/s1. The predicted molar refractivity (Wildman–Crippen MR) is 87.1 cm³/mol. The maximum absolute atomic E-state index is 12.5. The molecule has 0 radical (unpaired) electrons. The van der Waals surface area contributed by atoms with E-state index < -0.39 is 0 Å². The van der Waals surface area contributed by atoms with Gasteiger partial charge in [-0.2, -0.15) is 0 Å². The van der Waals surface area contributed by atoms with Crippen LogP contribution in [0.4, 0.5) is 0 Å². The zero-order valence-electron chi connectivity index (χ0n) is 13.2. The average Bonchev–Trinajstić information content (AvgIpc) is 3.14. The number of aromatic nitrogens is 1. The molecular formula is C16H25N3O2S. The van der Waals surface area contributed by atoms with Gasteiger partial charge in [0.1, 0.15) is 5.69 Å². The second-order valence-electron chi connectivity index (χ2n) is 6.53. The first-order valence-electron chi connectivity index (χ1n) is 8.22. The Kier molecular flexibility index (Phi) is 5.10. The van der Waals surface area contributed by atoms with Gasteiger partial charge in [0.25, 0.3) is 5.91 Å². The number of aliphatic hydroxyl groups excluding tert-OH is 1. The summed E-state index contributed by atoms with van der Waals surface area (Å²) in [6, 6.07) is 0. The van der Waals surface area contributed by atoms with E-state index in [0.29, 0.717) is 18.2 Å². The van der Waals surface area contributed by atoms with Gasteiger partial charge in [0.15, 0.2) is 0 Å². The van der Waals surface area contributed by atoms with Crippen molar-refractivity contribution in [1.29, 1.82) is 0 Å². The molecular weight excluding hydrogens is 298 g/mol. The first-order valence-corrected chi connectivity index (χ1v) is 9.10. The minimum atomic E-state index is 0.0175. The highest BCUT2D eigenvalue weighted by Crippen LogP contribution is 2.27. The van der Waals surface area contributed by atoms with Crippen LogP contribution in [0.1, 0.15) is 34.8 Å². The number of likely N-dealkylation sites (tertiary alicyclic amines) is 2. The molecule has 2 fully saturated rings. The van der Waals surface area contributed by atoms with Crippen LogP contribution in [-0.2, 0) is 0 Å². The summed E-state index contributed by atoms with van der Waals surface area (Å²) in [7, 11) is 0. The molecule has 1 amide bonds. The fourth-order valence-electron chi connectivity index (χ4n) is 3.62. The molecule has 0 aromatic carbocycles. The van der Waals surface area contributed by atoms with Crippen LogP contribution in [-0.4, -0.2) is 65.1 Å². The third-order valence-corrected chi connectivity index (χ3v) is 5.65. The van der Waals surface area contributed by atoms with Crippen molar-refractivity contribution < 1.29 is 9.90 Å². The van der Waals surface area contributed by atoms with Crippen molar-refractivity contribution in [3.8, 4) is 0 Å². The van der Waals surface area contributed by atoms with E-state index in [9.17, 15) is 9.90 Å². The summed E-state index contributed by atoms with van der Waals surface area (Å²) in [5.41, 5.74) is 0.554. The van der Waals surface area contributed by atoms with E-state index in [1.54, 1.807) is 0 Å². The second kappa shape index (κ2) is 7.06. The smallest absolute Gasteiger partial charge is 0.273 e. The molecule has 5 nitrogen and oxygen atoms in total. The van der Waals surface area contributed by atoms with Gasteiger partial charge < -0.3 is 14.9 Å². The monoisotopic (exact) mass is 323 g/mol. The third-order valence-electron chi connectivity index (χ3n) is 4.88. The van der Waals surface area contributed by atoms with Gasteiger partial charge in [0.05, 0.1) is 5.01 Å². The Bertz CT molecular complexity index is 513. The molecule has 22 heavy (non-hydrogen) atoms. The van der Waals surface area contributed by atoms with E-state index in [2.05, 4.69) is 9.88 Å². The Hall–Kier alpha value is -0.980. The number of thiazole rings is 1. The highest BCUT2D eigenvalue weighted by molar-refractivity contribution is 7.09. The van der Waals surface area contributed by atoms with Crippen LogP contribution in [0.3, 0.4) is 0 Å². The molecule has 2 aliphatic heterocycles. The number of piperidine rings is 1. The Labute approximate surface area is 135 Å². The van der Waals surface area contributed by atoms with Gasteiger partial charge in [-0.3, -0.25) is 4.79 Å². The zero-order valence-corrected chi connectivity index (χ0v) is 14.0. The van der Waals surface area contributed by atoms with E-state index in [0.717, 1.165) is 31.2 Å². The molecule has 0 unspecified atom stereocenters. The van der Waals surface area contributed by atoms with Crippen molar-refractivity contribution in [1.82, 2.24) is 14.8 Å². The topological polar surface area (TPSA) is 56.7 Å². The average molecular weight is 323 g/mol. The summed E-state index contributed by atoms with van der Waals surface area (Å²) in [6.45, 7) is 6.81. The number of rotatable bonds is 4. The van der Waals surface area contributed by atoms with Crippen molar-refractivity contribution in [3.63, 3.8) is 0 Å². The van der Waals surface area contributed by atoms with Crippen molar-refractivity contribution >= 4 is 17.2 Å². The molecule has 1 aromatic rings. The van der Waals surface area contributed by atoms with Gasteiger partial charge in [0, 0.05) is 37.5 Å². The van der Waals surface area contributed by atoms with Crippen LogP contribution < -0.4 is 0 Å². The molecule has 0 bridgehead atoms. The van der Waals surface area contributed by atoms with E-state index >= 15 is 0 Å². The summed E-state index contributed by atoms with van der Waals surface area (Å²) in [5.74, 6) is 0.598. The lowest BCUT2D eigenvalue weighted by Crippen LogP contribution is -2.37. The number of nitrogens with zero attached hydrogens (tertiary/aromatic N) is 3. The molecule has 2 saturated heterocycles. The highest BCUT2D eigenvalue weighted by atomic mass is 32.1. The molecule has 0 saturated carbocycles. The molecule has 6 heteroatoms. The number of carbonyl (C=O) groups is 1. The van der Waals surface area contributed by atoms with Crippen molar-refractivity contribution in [2.24, 2.45) is 11.8 Å². The SMILES string of the molecule is Cc1nc(C(=O)N2C[C@@H](CN3CCCCC3)[C@@H](CO)C2)cs1. The predicted octanol–water partition coefficient (Wildman–Crippen LogP) is 1.62. The van der Waals surface area contributed by atoms with E-state index in [4.69, 9.17) is 0 Å². The fourth-order valence-corrected chi connectivity index (χ4v) is 4.20. The van der Waals surface area contributed by atoms with E-state index in [-0.39, 0.29) is 18.4 Å². The first-order chi connectivity index (χ1) is 10.7. The largest absolute Gasteiger partial charge is 0.396 e. The summed E-state index contributed by atoms with van der Waals surface area (Å²) in [5, 5.41) is 12.4. The summed E-state index contributed by atoms with van der Waals surface area (Å²) < 4.78 is 0. The molecule has 122 valence electrons. The van der Waals surface area contributed by atoms with E-state index in [1.807, 2.05) is 17.2 Å². The number of carbonyl (C=O) groups excluding carboxylic acids is 1. The van der Waals surface area contributed by atoms with Crippen molar-refractivity contribution in [2.45, 2.75) is 26.2 Å². The molecule has 0 spiro atoms. The van der Waals surface area contributed by atoms with Gasteiger partial charge in [-0.25, -0.2) is 4.98 Å². The van der Waals surface area contributed by atoms with Crippen molar-refractivity contribution in [3.05, 3.63) is 16.1 Å². The van der Waals surface area contributed by atoms with Gasteiger partial charge >= 0.3 is 0 Å². The van der Waals surface area contributed by atoms with Crippen LogP contribution >= 0.6 is 11.3 Å². The Morgan fingerprint density at radius 1 is 1.32 bits per heavy atom. The van der Waals surface area contributed by atoms with Gasteiger partial charge in [-0.15, -0.1) is 11.3 Å². The van der Waals surface area contributed by atoms with Crippen LogP contribution in [0.5, 0.6) is 0 Å². The van der Waals surface area contributed by atoms with Crippen LogP contribution in [0.2, 0.25) is 0 Å². The second-order valence-corrected chi connectivity index (χ2v) is 7.59. The molecule has 2 atom stereocenters. The lowest BCUT2D eigenvalue weighted by molar-refractivity contribution is 0.0773. The molecule has 3 rings (SSSR count). The number of hydrogen-bond donors (Lipinski definition) is 1. The van der Waals surface area contributed by atoms with Crippen LogP contribution in [0.25, 0.3) is 0 Å². The highest BCUT2D eigenvalue weighted by Gasteiger charge is 2.36. The summed E-state index contributed by atoms with van der Waals surface area (Å²) >= 11 is 1.51. The normalized spacial score (nSPS) is 26.5. The minimum Gasteiger partial charge on any atom is -0.396 e. The van der Waals surface area contributed by atoms with Crippen LogP contribution in [0.15, 0.2) is 5.38 Å². The van der Waals surface area contributed by atoms with E-state index in [1.165, 1.54) is 30.6 Å². The summed E-state index contributed by atoms with van der Waals surface area (Å²) in [6.07, 6.45) is 3.88. The number of hydrogen-bond acceptors (Lipinski definition) is 5. The quantitative estimate of drug-likeness (QED) is 0.915. The fraction of sp³-hybridized carbons (Fsp3) is 0.750. The molecule has 3 heterocycles. The number of amides is 1. The Morgan fingerprint density at radius 3 is 2.68 bits per heavy atom. The molecule has 2 aliphatic rings. The van der Waals surface area contributed by atoms with Crippen molar-refractivity contribution in [2.75, 3.05) is 39.3 Å². The summed E-state index contributed by atoms with van der Waals surface area (Å²) in [4.78, 5) is 21.2. The molecule has 1 aromatic heterocycles. The van der Waals surface area contributed by atoms with Gasteiger partial charge in [-0.05, 0) is 38.8 Å². The van der Waals surface area contributed by atoms with Gasteiger partial charge in [-0.1, -0.05) is 6.42 Å².